The van der Waals surface area contributed by atoms with Gasteiger partial charge in [-0.15, -0.1) is 0 Å². The number of rotatable bonds is 6. The molecule has 0 unspecified atom stereocenters. The molecule has 0 N–H and O–H groups in total. The zero-order valence-corrected chi connectivity index (χ0v) is 13.1. The number of piperidine rings is 1. The maximum Gasteiger partial charge on any atom is 0.225 e. The summed E-state index contributed by atoms with van der Waals surface area (Å²) in [4.78, 5) is 14.0. The van der Waals surface area contributed by atoms with Crippen LogP contribution in [0.15, 0.2) is 0 Å². The minimum atomic E-state index is -3.11. The fourth-order valence-electron chi connectivity index (χ4n) is 2.56. The molecule has 1 aliphatic rings. The van der Waals surface area contributed by atoms with Crippen LogP contribution in [0, 0.1) is 5.92 Å². The van der Waals surface area contributed by atoms with Gasteiger partial charge in [0.1, 0.15) is 0 Å². The third-order valence-corrected chi connectivity index (χ3v) is 5.81. The van der Waals surface area contributed by atoms with E-state index in [0.717, 1.165) is 13.1 Å². The van der Waals surface area contributed by atoms with E-state index in [1.807, 2.05) is 25.7 Å². The molecule has 1 amide bonds. The van der Waals surface area contributed by atoms with Crippen molar-refractivity contribution < 1.29 is 13.2 Å². The first-order valence-electron chi connectivity index (χ1n) is 7.22. The van der Waals surface area contributed by atoms with Crippen molar-refractivity contribution in [2.75, 3.05) is 31.9 Å². The van der Waals surface area contributed by atoms with Crippen LogP contribution >= 0.6 is 0 Å². The van der Waals surface area contributed by atoms with Gasteiger partial charge in [0.25, 0.3) is 0 Å². The Morgan fingerprint density at radius 3 is 2.11 bits per heavy atom. The van der Waals surface area contributed by atoms with E-state index in [1.54, 1.807) is 4.31 Å². The van der Waals surface area contributed by atoms with E-state index >= 15 is 0 Å². The molecule has 1 rings (SSSR count). The molecule has 0 aliphatic carbocycles. The van der Waals surface area contributed by atoms with Gasteiger partial charge in [-0.25, -0.2) is 12.7 Å². The van der Waals surface area contributed by atoms with Gasteiger partial charge in [0, 0.05) is 32.1 Å². The van der Waals surface area contributed by atoms with E-state index in [1.165, 1.54) is 0 Å². The smallest absolute Gasteiger partial charge is 0.225 e. The summed E-state index contributed by atoms with van der Waals surface area (Å²) in [5, 5.41) is 0. The number of carbonyl (C=O) groups is 1. The third kappa shape index (κ3) is 4.18. The van der Waals surface area contributed by atoms with Crippen molar-refractivity contribution in [2.24, 2.45) is 5.92 Å². The van der Waals surface area contributed by atoms with Crippen molar-refractivity contribution in [1.82, 2.24) is 9.21 Å². The van der Waals surface area contributed by atoms with E-state index in [2.05, 4.69) is 0 Å². The van der Waals surface area contributed by atoms with Crippen molar-refractivity contribution in [2.45, 2.75) is 40.0 Å². The van der Waals surface area contributed by atoms with E-state index in [-0.39, 0.29) is 17.6 Å². The summed E-state index contributed by atoms with van der Waals surface area (Å²) in [6.45, 7) is 8.24. The van der Waals surface area contributed by atoms with Gasteiger partial charge in [0.05, 0.1) is 5.75 Å². The quantitative estimate of drug-likeness (QED) is 0.741. The van der Waals surface area contributed by atoms with Gasteiger partial charge in [0.15, 0.2) is 0 Å². The molecule has 1 heterocycles. The van der Waals surface area contributed by atoms with Crippen LogP contribution in [0.5, 0.6) is 0 Å². The molecule has 19 heavy (non-hydrogen) atoms. The Labute approximate surface area is 117 Å². The van der Waals surface area contributed by atoms with Crippen molar-refractivity contribution in [3.8, 4) is 0 Å². The summed E-state index contributed by atoms with van der Waals surface area (Å²) in [5.74, 6) is 0.382. The minimum absolute atomic E-state index is 0.00650. The standard InChI is InChI=1S/C13H26N2O3S/c1-4-11-19(17,18)15-9-7-12(8-10-15)13(16)14(5-2)6-3/h12H,4-11H2,1-3H3. The summed E-state index contributed by atoms with van der Waals surface area (Å²) in [7, 11) is -3.11. The van der Waals surface area contributed by atoms with Gasteiger partial charge in [-0.1, -0.05) is 6.92 Å². The van der Waals surface area contributed by atoms with Gasteiger partial charge in [0.2, 0.25) is 15.9 Å². The van der Waals surface area contributed by atoms with Crippen LogP contribution in [0.3, 0.4) is 0 Å². The predicted molar refractivity (Wildman–Crippen MR) is 76.3 cm³/mol. The number of hydrogen-bond donors (Lipinski definition) is 0. The Morgan fingerprint density at radius 2 is 1.68 bits per heavy atom. The van der Waals surface area contributed by atoms with Gasteiger partial charge in [-0.05, 0) is 33.1 Å². The molecule has 0 radical (unpaired) electrons. The highest BCUT2D eigenvalue weighted by Gasteiger charge is 2.31. The molecule has 5 nitrogen and oxygen atoms in total. The van der Waals surface area contributed by atoms with E-state index in [4.69, 9.17) is 0 Å². The number of hydrogen-bond acceptors (Lipinski definition) is 3. The Bertz CT molecular complexity index is 383. The fourth-order valence-corrected chi connectivity index (χ4v) is 4.10. The molecule has 0 saturated carbocycles. The lowest BCUT2D eigenvalue weighted by Gasteiger charge is -2.33. The summed E-state index contributed by atoms with van der Waals surface area (Å²) in [6, 6.07) is 0. The molecule has 1 saturated heterocycles. The highest BCUT2D eigenvalue weighted by Crippen LogP contribution is 2.22. The second kappa shape index (κ2) is 7.24. The highest BCUT2D eigenvalue weighted by molar-refractivity contribution is 7.89. The van der Waals surface area contributed by atoms with Crippen LogP contribution in [0.2, 0.25) is 0 Å². The Balaban J connectivity index is 2.56. The molecular weight excluding hydrogens is 264 g/mol. The summed E-state index contributed by atoms with van der Waals surface area (Å²) in [6.07, 6.45) is 1.94. The first-order chi connectivity index (χ1) is 8.96. The molecule has 112 valence electrons. The van der Waals surface area contributed by atoms with Crippen LogP contribution in [-0.4, -0.2) is 55.5 Å². The normalized spacial score (nSPS) is 18.5. The van der Waals surface area contributed by atoms with Crippen LogP contribution < -0.4 is 0 Å². The van der Waals surface area contributed by atoms with Gasteiger partial charge in [-0.3, -0.25) is 4.79 Å². The average Bonchev–Trinajstić information content (AvgIpc) is 2.40. The number of sulfonamides is 1. The largest absolute Gasteiger partial charge is 0.343 e. The van der Waals surface area contributed by atoms with Gasteiger partial charge in [-0.2, -0.15) is 0 Å². The molecule has 6 heteroatoms. The van der Waals surface area contributed by atoms with Crippen LogP contribution in [0.4, 0.5) is 0 Å². The number of nitrogens with zero attached hydrogens (tertiary/aromatic N) is 2. The summed E-state index contributed by atoms with van der Waals surface area (Å²) < 4.78 is 25.4. The summed E-state index contributed by atoms with van der Waals surface area (Å²) >= 11 is 0. The van der Waals surface area contributed by atoms with Crippen molar-refractivity contribution in [3.63, 3.8) is 0 Å². The molecule has 0 aromatic rings. The zero-order chi connectivity index (χ0) is 14.5. The molecule has 1 fully saturated rings. The lowest BCUT2D eigenvalue weighted by atomic mass is 9.96. The Morgan fingerprint density at radius 1 is 1.16 bits per heavy atom. The van der Waals surface area contributed by atoms with E-state index in [9.17, 15) is 13.2 Å². The number of amides is 1. The number of carbonyl (C=O) groups excluding carboxylic acids is 1. The molecule has 1 aliphatic heterocycles. The van der Waals surface area contributed by atoms with Crippen LogP contribution in [-0.2, 0) is 14.8 Å². The highest BCUT2D eigenvalue weighted by atomic mass is 32.2. The summed E-state index contributed by atoms with van der Waals surface area (Å²) in [5.41, 5.74) is 0. The molecule has 0 bridgehead atoms. The Kier molecular flexibility index (Phi) is 6.26. The third-order valence-electron chi connectivity index (χ3n) is 3.73. The monoisotopic (exact) mass is 290 g/mol. The topological polar surface area (TPSA) is 57.7 Å². The Hall–Kier alpha value is -0.620. The van der Waals surface area contributed by atoms with Crippen molar-refractivity contribution in [3.05, 3.63) is 0 Å². The molecule has 0 aromatic heterocycles. The van der Waals surface area contributed by atoms with E-state index < -0.39 is 10.0 Å². The first-order valence-corrected chi connectivity index (χ1v) is 8.83. The zero-order valence-electron chi connectivity index (χ0n) is 12.3. The van der Waals surface area contributed by atoms with Crippen LogP contribution in [0.25, 0.3) is 0 Å². The lowest BCUT2D eigenvalue weighted by Crippen LogP contribution is -2.44. The maximum atomic E-state index is 12.2. The van der Waals surface area contributed by atoms with Gasteiger partial charge < -0.3 is 4.90 Å². The molecule has 0 spiro atoms. The van der Waals surface area contributed by atoms with Crippen molar-refractivity contribution in [1.29, 1.82) is 0 Å². The molecule has 0 atom stereocenters. The minimum Gasteiger partial charge on any atom is -0.343 e. The first kappa shape index (κ1) is 16.4. The average molecular weight is 290 g/mol. The molecular formula is C13H26N2O3S. The molecule has 0 aromatic carbocycles. The van der Waals surface area contributed by atoms with E-state index in [0.29, 0.717) is 32.4 Å². The maximum absolute atomic E-state index is 12.2. The van der Waals surface area contributed by atoms with Crippen molar-refractivity contribution >= 4 is 15.9 Å². The van der Waals surface area contributed by atoms with Gasteiger partial charge >= 0.3 is 0 Å². The second-order valence-electron chi connectivity index (χ2n) is 5.00. The SMILES string of the molecule is CCCS(=O)(=O)N1CCC(C(=O)N(CC)CC)CC1. The van der Waals surface area contributed by atoms with Crippen LogP contribution in [0.1, 0.15) is 40.0 Å². The second-order valence-corrected chi connectivity index (χ2v) is 7.09. The fraction of sp³-hybridized carbons (Fsp3) is 0.923. The predicted octanol–water partition coefficient (Wildman–Crippen LogP) is 1.31. The lowest BCUT2D eigenvalue weighted by molar-refractivity contribution is -0.136.